The molecule has 1 aromatic rings. The van der Waals surface area contributed by atoms with Crippen LogP contribution in [-0.4, -0.2) is 64.5 Å². The van der Waals surface area contributed by atoms with E-state index in [2.05, 4.69) is 70.1 Å². The zero-order chi connectivity index (χ0) is 28.4. The quantitative estimate of drug-likeness (QED) is 0.253. The van der Waals surface area contributed by atoms with E-state index in [1.807, 2.05) is 45.4 Å². The molecule has 0 saturated heterocycles. The molecule has 0 fully saturated rings. The van der Waals surface area contributed by atoms with Gasteiger partial charge < -0.3 is 29.5 Å². The number of benzene rings is 1. The van der Waals surface area contributed by atoms with Gasteiger partial charge in [0.1, 0.15) is 0 Å². The number of hydrogen-bond acceptors (Lipinski definition) is 7. The Labute approximate surface area is 227 Å². The van der Waals surface area contributed by atoms with Crippen LogP contribution in [0.3, 0.4) is 0 Å². The molecular formula is C22H50O7Si7. The molecule has 208 valence electrons. The van der Waals surface area contributed by atoms with Crippen LogP contribution in [0.5, 0.6) is 0 Å². The molecule has 0 amide bonds. The standard InChI is InChI=1S/C22H50O7Si7/c1-16-21-17-19-22(20-18-21)30(2,3)24-32(6,7)26-34(10,11)28-36(14,15)29-35(12,13)27-33(8,9)25-31(4,5)23/h16-20,23H,1H2,2-15H3. The van der Waals surface area contributed by atoms with Gasteiger partial charge >= 0.3 is 51.4 Å². The third-order valence-electron chi connectivity index (χ3n) is 4.80. The Morgan fingerprint density at radius 1 is 0.528 bits per heavy atom. The van der Waals surface area contributed by atoms with Crippen LogP contribution in [0.15, 0.2) is 30.8 Å². The SMILES string of the molecule is C=Cc1ccc([Si](C)(C)O[Si](C)(C)O[Si](C)(C)O[Si](C)(C)O[Si](C)(C)O[Si](C)(C)O[Si](C)(C)O)cc1. The average Bonchev–Trinajstić information content (AvgIpc) is 2.53. The lowest BCUT2D eigenvalue weighted by Gasteiger charge is -2.43. The summed E-state index contributed by atoms with van der Waals surface area (Å²) in [7, 11) is -17.7. The average molecular weight is 623 g/mol. The van der Waals surface area contributed by atoms with Gasteiger partial charge in [-0.3, -0.25) is 0 Å². The molecule has 0 bridgehead atoms. The molecule has 0 aliphatic carbocycles. The van der Waals surface area contributed by atoms with Crippen LogP contribution >= 0.6 is 0 Å². The van der Waals surface area contributed by atoms with Crippen molar-refractivity contribution < 1.29 is 29.5 Å². The summed E-state index contributed by atoms with van der Waals surface area (Å²) in [6.07, 6.45) is 1.85. The maximum atomic E-state index is 10.2. The Morgan fingerprint density at radius 3 is 1.14 bits per heavy atom. The lowest BCUT2D eigenvalue weighted by atomic mass is 10.2. The van der Waals surface area contributed by atoms with Crippen molar-refractivity contribution in [3.63, 3.8) is 0 Å². The van der Waals surface area contributed by atoms with Crippen molar-refractivity contribution in [1.82, 2.24) is 0 Å². The first kappa shape index (κ1) is 34.2. The molecule has 0 radical (unpaired) electrons. The van der Waals surface area contributed by atoms with Gasteiger partial charge in [0.25, 0.3) is 0 Å². The molecule has 1 N–H and O–H groups in total. The highest BCUT2D eigenvalue weighted by Crippen LogP contribution is 2.28. The van der Waals surface area contributed by atoms with Crippen LogP contribution in [0.1, 0.15) is 5.56 Å². The third kappa shape index (κ3) is 12.8. The molecule has 1 rings (SSSR count). The van der Waals surface area contributed by atoms with Gasteiger partial charge in [-0.1, -0.05) is 36.9 Å². The van der Waals surface area contributed by atoms with Gasteiger partial charge in [-0.2, -0.15) is 0 Å². The van der Waals surface area contributed by atoms with Crippen molar-refractivity contribution in [3.8, 4) is 0 Å². The highest BCUT2D eigenvalue weighted by atomic mass is 28.5. The highest BCUT2D eigenvalue weighted by Gasteiger charge is 2.48. The van der Waals surface area contributed by atoms with Gasteiger partial charge in [0.15, 0.2) is 0 Å². The molecule has 0 aromatic heterocycles. The molecule has 0 aliphatic heterocycles. The topological polar surface area (TPSA) is 75.6 Å². The maximum absolute atomic E-state index is 10.2. The molecule has 0 spiro atoms. The van der Waals surface area contributed by atoms with Crippen molar-refractivity contribution in [1.29, 1.82) is 0 Å². The fraction of sp³-hybridized carbons (Fsp3) is 0.636. The Hall–Kier alpha value is 0.198. The summed E-state index contributed by atoms with van der Waals surface area (Å²) in [5.41, 5.74) is 1.10. The van der Waals surface area contributed by atoms with E-state index < -0.39 is 59.7 Å². The molecular weight excluding hydrogens is 573 g/mol. The van der Waals surface area contributed by atoms with E-state index in [-0.39, 0.29) is 0 Å². The van der Waals surface area contributed by atoms with E-state index in [1.54, 1.807) is 13.1 Å². The van der Waals surface area contributed by atoms with E-state index in [0.717, 1.165) is 5.56 Å². The minimum atomic E-state index is -2.71. The molecule has 7 nitrogen and oxygen atoms in total. The molecule has 0 aliphatic rings. The zero-order valence-electron chi connectivity index (χ0n) is 25.0. The van der Waals surface area contributed by atoms with Gasteiger partial charge in [-0.15, -0.1) is 0 Å². The smallest absolute Gasteiger partial charge is 0.320 e. The largest absolute Gasteiger partial charge is 0.433 e. The maximum Gasteiger partial charge on any atom is 0.320 e. The van der Waals surface area contributed by atoms with Gasteiger partial charge in [0, 0.05) is 0 Å². The van der Waals surface area contributed by atoms with Crippen molar-refractivity contribution >= 4 is 70.9 Å². The Kier molecular flexibility index (Phi) is 11.2. The molecule has 0 unspecified atom stereocenters. The summed E-state index contributed by atoms with van der Waals surface area (Å²) in [4.78, 5) is 10.2. The van der Waals surface area contributed by atoms with E-state index in [0.29, 0.717) is 0 Å². The molecule has 36 heavy (non-hydrogen) atoms. The second-order valence-corrected chi connectivity index (χ2v) is 37.8. The fourth-order valence-corrected chi connectivity index (χ4v) is 37.6. The van der Waals surface area contributed by atoms with E-state index >= 15 is 0 Å². The third-order valence-corrected chi connectivity index (χ3v) is 30.2. The van der Waals surface area contributed by atoms with Crippen molar-refractivity contribution in [2.75, 3.05) is 0 Å². The molecule has 0 saturated carbocycles. The first-order chi connectivity index (χ1) is 15.8. The predicted molar refractivity (Wildman–Crippen MR) is 167 cm³/mol. The number of rotatable bonds is 14. The second-order valence-electron chi connectivity index (χ2n) is 12.4. The second kappa shape index (κ2) is 11.7. The summed E-state index contributed by atoms with van der Waals surface area (Å²) < 4.78 is 39.0. The normalized spacial score (nSPS) is 14.8. The van der Waals surface area contributed by atoms with E-state index in [4.69, 9.17) is 24.7 Å². The summed E-state index contributed by atoms with van der Waals surface area (Å²) in [6, 6.07) is 8.43. The molecule has 1 aromatic carbocycles. The predicted octanol–water partition coefficient (Wildman–Crippen LogP) is 6.04. The molecule has 14 heteroatoms. The van der Waals surface area contributed by atoms with E-state index in [9.17, 15) is 4.80 Å². The Balaban J connectivity index is 2.90. The summed E-state index contributed by atoms with van der Waals surface area (Å²) >= 11 is 0. The molecule has 0 atom stereocenters. The number of hydrogen-bond donors (Lipinski definition) is 1. The minimum Gasteiger partial charge on any atom is -0.433 e. The molecule has 0 heterocycles. The van der Waals surface area contributed by atoms with Crippen molar-refractivity contribution in [2.45, 2.75) is 91.7 Å². The Bertz CT molecular complexity index is 880. The van der Waals surface area contributed by atoms with Crippen LogP contribution in [0.2, 0.25) is 91.7 Å². The van der Waals surface area contributed by atoms with Crippen molar-refractivity contribution in [2.24, 2.45) is 0 Å². The van der Waals surface area contributed by atoms with Crippen molar-refractivity contribution in [3.05, 3.63) is 36.4 Å². The summed E-state index contributed by atoms with van der Waals surface area (Å²) in [5, 5.41) is 1.23. The van der Waals surface area contributed by atoms with Crippen LogP contribution in [0.25, 0.3) is 6.08 Å². The van der Waals surface area contributed by atoms with Crippen LogP contribution in [0.4, 0.5) is 0 Å². The van der Waals surface area contributed by atoms with Crippen LogP contribution in [-0.2, 0) is 24.7 Å². The van der Waals surface area contributed by atoms with Crippen LogP contribution < -0.4 is 5.19 Å². The summed E-state index contributed by atoms with van der Waals surface area (Å²) in [5.74, 6) is 0. The van der Waals surface area contributed by atoms with Gasteiger partial charge in [0.05, 0.1) is 0 Å². The van der Waals surface area contributed by atoms with Gasteiger partial charge in [0.2, 0.25) is 8.32 Å². The van der Waals surface area contributed by atoms with Gasteiger partial charge in [-0.25, -0.2) is 0 Å². The Morgan fingerprint density at radius 2 is 0.833 bits per heavy atom. The summed E-state index contributed by atoms with van der Waals surface area (Å²) in [6.45, 7) is 32.1. The lowest BCUT2D eigenvalue weighted by molar-refractivity contribution is 0.264. The fourth-order valence-electron chi connectivity index (χ4n) is 4.77. The lowest BCUT2D eigenvalue weighted by Crippen LogP contribution is -2.61. The first-order valence-electron chi connectivity index (χ1n) is 12.4. The van der Waals surface area contributed by atoms with Crippen LogP contribution in [0, 0.1) is 0 Å². The minimum absolute atomic E-state index is 1.10. The van der Waals surface area contributed by atoms with Gasteiger partial charge in [-0.05, 0) is 102 Å². The highest BCUT2D eigenvalue weighted by molar-refractivity contribution is 6.94. The van der Waals surface area contributed by atoms with E-state index in [1.165, 1.54) is 5.19 Å². The monoisotopic (exact) mass is 622 g/mol. The first-order valence-corrected chi connectivity index (χ1v) is 32.3. The zero-order valence-corrected chi connectivity index (χ0v) is 32.0.